The first-order valence-corrected chi connectivity index (χ1v) is 6.78. The summed E-state index contributed by atoms with van der Waals surface area (Å²) >= 11 is 0. The molecule has 1 aliphatic heterocycles. The molecule has 1 fully saturated rings. The predicted octanol–water partition coefficient (Wildman–Crippen LogP) is 1.81. The zero-order valence-electron chi connectivity index (χ0n) is 11.7. The van der Waals surface area contributed by atoms with E-state index in [9.17, 15) is 22.8 Å². The van der Waals surface area contributed by atoms with Gasteiger partial charge in [-0.05, 0) is 18.6 Å². The molecular formula is C14H12F3N3O3. The van der Waals surface area contributed by atoms with Crippen molar-refractivity contribution >= 4 is 17.4 Å². The quantitative estimate of drug-likeness (QED) is 0.913. The Labute approximate surface area is 128 Å². The van der Waals surface area contributed by atoms with Crippen LogP contribution in [0.15, 0.2) is 30.6 Å². The summed E-state index contributed by atoms with van der Waals surface area (Å²) in [5.41, 5.74) is -2.31. The second kappa shape index (κ2) is 4.97. The average Bonchev–Trinajstić information content (AvgIpc) is 3.11. The number of amides is 1. The Kier molecular flexibility index (Phi) is 3.31. The normalized spacial score (nSPS) is 21.8. The highest BCUT2D eigenvalue weighted by Gasteiger charge is 2.64. The molecule has 1 amide bonds. The van der Waals surface area contributed by atoms with Gasteiger partial charge >= 0.3 is 12.1 Å². The van der Waals surface area contributed by atoms with Gasteiger partial charge in [0.15, 0.2) is 5.41 Å². The van der Waals surface area contributed by atoms with Crippen LogP contribution in [0.3, 0.4) is 0 Å². The monoisotopic (exact) mass is 327 g/mol. The van der Waals surface area contributed by atoms with E-state index in [0.717, 1.165) is 4.90 Å². The summed E-state index contributed by atoms with van der Waals surface area (Å²) in [6, 6.07) is 4.99. The highest BCUT2D eigenvalue weighted by atomic mass is 19.4. The molecule has 9 heteroatoms. The summed E-state index contributed by atoms with van der Waals surface area (Å²) < 4.78 is 40.9. The van der Waals surface area contributed by atoms with E-state index in [1.165, 1.54) is 10.7 Å². The lowest BCUT2D eigenvalue weighted by Gasteiger charge is -2.27. The minimum absolute atomic E-state index is 0.147. The molecule has 1 N–H and O–H groups in total. The molecule has 1 atom stereocenters. The largest absolute Gasteiger partial charge is 0.481 e. The maximum absolute atomic E-state index is 13.2. The Balaban J connectivity index is 1.92. The molecule has 23 heavy (non-hydrogen) atoms. The van der Waals surface area contributed by atoms with Crippen LogP contribution in [0.1, 0.15) is 16.8 Å². The molecule has 2 aromatic rings. The van der Waals surface area contributed by atoms with Gasteiger partial charge in [0.2, 0.25) is 0 Å². The first kappa shape index (κ1) is 15.3. The number of pyridine rings is 1. The third kappa shape index (κ3) is 2.23. The molecule has 1 saturated heterocycles. The first-order chi connectivity index (χ1) is 10.8. The number of aliphatic carboxylic acids is 1. The molecule has 0 aliphatic carbocycles. The Bertz CT molecular complexity index is 786. The van der Waals surface area contributed by atoms with Gasteiger partial charge in [0.1, 0.15) is 0 Å². The fourth-order valence-corrected chi connectivity index (χ4v) is 2.78. The Morgan fingerprint density at radius 3 is 2.65 bits per heavy atom. The van der Waals surface area contributed by atoms with Crippen LogP contribution < -0.4 is 0 Å². The summed E-state index contributed by atoms with van der Waals surface area (Å²) in [5.74, 6) is -2.61. The third-order valence-corrected chi connectivity index (χ3v) is 4.17. The lowest BCUT2D eigenvalue weighted by atomic mass is 9.86. The van der Waals surface area contributed by atoms with Crippen molar-refractivity contribution in [2.24, 2.45) is 5.41 Å². The SMILES string of the molecule is O=C(c1cnn2ccccc12)N1CCC(C(=O)O)(C(F)(F)F)C1. The van der Waals surface area contributed by atoms with Gasteiger partial charge in [-0.15, -0.1) is 0 Å². The molecule has 2 aromatic heterocycles. The first-order valence-electron chi connectivity index (χ1n) is 6.78. The van der Waals surface area contributed by atoms with Crippen LogP contribution in [-0.2, 0) is 4.79 Å². The summed E-state index contributed by atoms with van der Waals surface area (Å²) in [6.45, 7) is -1.16. The van der Waals surface area contributed by atoms with Gasteiger partial charge in [0, 0.05) is 19.3 Å². The maximum atomic E-state index is 13.2. The van der Waals surface area contributed by atoms with Crippen LogP contribution in [0, 0.1) is 5.41 Å². The van der Waals surface area contributed by atoms with Crippen molar-refractivity contribution in [1.29, 1.82) is 0 Å². The maximum Gasteiger partial charge on any atom is 0.406 e. The van der Waals surface area contributed by atoms with Gasteiger partial charge < -0.3 is 10.0 Å². The van der Waals surface area contributed by atoms with Crippen molar-refractivity contribution < 1.29 is 27.9 Å². The topological polar surface area (TPSA) is 74.9 Å². The van der Waals surface area contributed by atoms with Crippen LogP contribution in [-0.4, -0.2) is 50.8 Å². The molecule has 3 rings (SSSR count). The number of hydrogen-bond donors (Lipinski definition) is 1. The number of carbonyl (C=O) groups excluding carboxylic acids is 1. The van der Waals surface area contributed by atoms with Gasteiger partial charge in [-0.3, -0.25) is 9.59 Å². The number of rotatable bonds is 2. The molecular weight excluding hydrogens is 315 g/mol. The molecule has 0 spiro atoms. The van der Waals surface area contributed by atoms with E-state index in [1.54, 1.807) is 24.4 Å². The lowest BCUT2D eigenvalue weighted by molar-refractivity contribution is -0.227. The Morgan fingerprint density at radius 2 is 2.04 bits per heavy atom. The van der Waals surface area contributed by atoms with Crippen LogP contribution >= 0.6 is 0 Å². The van der Waals surface area contributed by atoms with Crippen molar-refractivity contribution in [2.75, 3.05) is 13.1 Å². The van der Waals surface area contributed by atoms with Gasteiger partial charge in [0.25, 0.3) is 5.91 Å². The number of aromatic nitrogens is 2. The van der Waals surface area contributed by atoms with Crippen LogP contribution in [0.2, 0.25) is 0 Å². The number of halogens is 3. The van der Waals surface area contributed by atoms with Gasteiger partial charge in [-0.2, -0.15) is 18.3 Å². The molecule has 1 aliphatic rings. The van der Waals surface area contributed by atoms with Gasteiger partial charge in [-0.25, -0.2) is 4.52 Å². The number of likely N-dealkylation sites (tertiary alicyclic amines) is 1. The summed E-state index contributed by atoms with van der Waals surface area (Å²) in [4.78, 5) is 24.6. The fourth-order valence-electron chi connectivity index (χ4n) is 2.78. The molecule has 3 heterocycles. The van der Waals surface area contributed by atoms with E-state index in [-0.39, 0.29) is 12.1 Å². The second-order valence-electron chi connectivity index (χ2n) is 5.45. The number of alkyl halides is 3. The Morgan fingerprint density at radius 1 is 1.30 bits per heavy atom. The highest BCUT2D eigenvalue weighted by Crippen LogP contribution is 2.46. The molecule has 1 unspecified atom stereocenters. The summed E-state index contributed by atoms with van der Waals surface area (Å²) in [6.07, 6.45) is -2.70. The van der Waals surface area contributed by atoms with Crippen molar-refractivity contribution in [3.8, 4) is 0 Å². The van der Waals surface area contributed by atoms with Crippen molar-refractivity contribution in [2.45, 2.75) is 12.6 Å². The highest BCUT2D eigenvalue weighted by molar-refractivity contribution is 6.01. The fraction of sp³-hybridized carbons (Fsp3) is 0.357. The number of hydrogen-bond acceptors (Lipinski definition) is 3. The summed E-state index contributed by atoms with van der Waals surface area (Å²) in [7, 11) is 0. The van der Waals surface area contributed by atoms with E-state index in [1.807, 2.05) is 0 Å². The number of nitrogens with zero attached hydrogens (tertiary/aromatic N) is 3. The lowest BCUT2D eigenvalue weighted by Crippen LogP contribution is -2.47. The molecule has 0 bridgehead atoms. The molecule has 122 valence electrons. The summed E-state index contributed by atoms with van der Waals surface area (Å²) in [5, 5.41) is 13.0. The molecule has 0 aromatic carbocycles. The average molecular weight is 327 g/mol. The minimum Gasteiger partial charge on any atom is -0.481 e. The van der Waals surface area contributed by atoms with Crippen molar-refractivity contribution in [3.05, 3.63) is 36.2 Å². The van der Waals surface area contributed by atoms with Crippen LogP contribution in [0.5, 0.6) is 0 Å². The minimum atomic E-state index is -4.92. The predicted molar refractivity (Wildman–Crippen MR) is 71.8 cm³/mol. The van der Waals surface area contributed by atoms with Crippen LogP contribution in [0.25, 0.3) is 5.52 Å². The number of carbonyl (C=O) groups is 2. The Hall–Kier alpha value is -2.58. The molecule has 0 radical (unpaired) electrons. The van der Waals surface area contributed by atoms with E-state index in [2.05, 4.69) is 5.10 Å². The smallest absolute Gasteiger partial charge is 0.406 e. The molecule has 6 nitrogen and oxygen atoms in total. The zero-order chi connectivity index (χ0) is 16.8. The second-order valence-corrected chi connectivity index (χ2v) is 5.45. The number of carboxylic acid groups (broad SMARTS) is 1. The number of fused-ring (bicyclic) bond motifs is 1. The molecule has 0 saturated carbocycles. The van der Waals surface area contributed by atoms with E-state index < -0.39 is 36.4 Å². The van der Waals surface area contributed by atoms with Crippen molar-refractivity contribution in [3.63, 3.8) is 0 Å². The van der Waals surface area contributed by atoms with E-state index in [4.69, 9.17) is 5.11 Å². The standard InChI is InChI=1S/C14H12F3N3O3/c15-14(16,17)13(12(22)23)4-6-19(8-13)11(21)9-7-18-20-5-2-1-3-10(9)20/h1-3,5,7H,4,6,8H2,(H,22,23). The van der Waals surface area contributed by atoms with E-state index in [0.29, 0.717) is 5.52 Å². The van der Waals surface area contributed by atoms with Gasteiger partial charge in [0.05, 0.1) is 17.3 Å². The van der Waals surface area contributed by atoms with Gasteiger partial charge in [-0.1, -0.05) is 6.07 Å². The number of carboxylic acids is 1. The van der Waals surface area contributed by atoms with E-state index >= 15 is 0 Å². The van der Waals surface area contributed by atoms with Crippen LogP contribution in [0.4, 0.5) is 13.2 Å². The zero-order valence-corrected chi connectivity index (χ0v) is 11.7. The third-order valence-electron chi connectivity index (χ3n) is 4.17. The van der Waals surface area contributed by atoms with Crippen molar-refractivity contribution in [1.82, 2.24) is 14.5 Å².